The molecule has 0 saturated heterocycles. The van der Waals surface area contributed by atoms with Gasteiger partial charge < -0.3 is 10.4 Å². The van der Waals surface area contributed by atoms with E-state index in [1.807, 2.05) is 30.3 Å². The van der Waals surface area contributed by atoms with E-state index in [0.29, 0.717) is 5.69 Å². The molecule has 0 bridgehead atoms. The van der Waals surface area contributed by atoms with Gasteiger partial charge in [0.15, 0.2) is 0 Å². The van der Waals surface area contributed by atoms with E-state index in [4.69, 9.17) is 5.11 Å². The molecule has 1 aromatic carbocycles. The van der Waals surface area contributed by atoms with Gasteiger partial charge in [-0.15, -0.1) is 0 Å². The Morgan fingerprint density at radius 1 is 1.10 bits per heavy atom. The monoisotopic (exact) mass is 284 g/mol. The fraction of sp³-hybridized carbons (Fsp3) is 0.188. The molecule has 0 aliphatic carbocycles. The highest BCUT2D eigenvalue weighted by Crippen LogP contribution is 2.24. The van der Waals surface area contributed by atoms with Crippen molar-refractivity contribution in [1.29, 1.82) is 0 Å². The second-order valence-electron chi connectivity index (χ2n) is 4.70. The van der Waals surface area contributed by atoms with Crippen LogP contribution >= 0.6 is 0 Å². The fourth-order valence-electron chi connectivity index (χ4n) is 2.12. The zero-order valence-electron chi connectivity index (χ0n) is 11.4. The van der Waals surface area contributed by atoms with Crippen LogP contribution in [0.3, 0.4) is 0 Å². The maximum atomic E-state index is 12.0. The van der Waals surface area contributed by atoms with E-state index in [0.717, 1.165) is 5.56 Å². The zero-order chi connectivity index (χ0) is 15.1. The minimum Gasteiger partial charge on any atom is -0.481 e. The zero-order valence-corrected chi connectivity index (χ0v) is 11.4. The van der Waals surface area contributed by atoms with Crippen LogP contribution in [0.15, 0.2) is 54.9 Å². The number of benzene rings is 1. The molecule has 1 atom stereocenters. The van der Waals surface area contributed by atoms with Gasteiger partial charge in [-0.3, -0.25) is 14.6 Å². The molecule has 2 aromatic rings. The number of carbonyl (C=O) groups excluding carboxylic acids is 1. The van der Waals surface area contributed by atoms with Crippen LogP contribution in [-0.4, -0.2) is 22.0 Å². The summed E-state index contributed by atoms with van der Waals surface area (Å²) in [5.41, 5.74) is 1.45. The smallest absolute Gasteiger partial charge is 0.303 e. The van der Waals surface area contributed by atoms with Crippen LogP contribution in [0.2, 0.25) is 0 Å². The van der Waals surface area contributed by atoms with E-state index in [2.05, 4.69) is 10.3 Å². The lowest BCUT2D eigenvalue weighted by Gasteiger charge is -2.15. The summed E-state index contributed by atoms with van der Waals surface area (Å²) >= 11 is 0. The summed E-state index contributed by atoms with van der Waals surface area (Å²) in [7, 11) is 0. The molecular formula is C16H16N2O3. The van der Waals surface area contributed by atoms with Crippen molar-refractivity contribution in [3.05, 3.63) is 60.4 Å². The predicted octanol–water partition coefficient (Wildman–Crippen LogP) is 2.67. The van der Waals surface area contributed by atoms with Crippen LogP contribution in [0.25, 0.3) is 0 Å². The summed E-state index contributed by atoms with van der Waals surface area (Å²) in [5.74, 6) is -1.49. The van der Waals surface area contributed by atoms with Gasteiger partial charge in [0, 0.05) is 18.5 Å². The standard InChI is InChI=1S/C16H16N2O3/c19-15(18-14-7-4-8-17-11-14)9-13(10-16(20)21)12-5-2-1-3-6-12/h1-8,11,13H,9-10H2,(H,18,19)(H,20,21)/t13-/m1/s1. The molecule has 2 rings (SSSR count). The predicted molar refractivity (Wildman–Crippen MR) is 78.9 cm³/mol. The van der Waals surface area contributed by atoms with Crippen molar-refractivity contribution in [1.82, 2.24) is 4.98 Å². The number of hydrogen-bond acceptors (Lipinski definition) is 3. The number of pyridine rings is 1. The Hall–Kier alpha value is -2.69. The minimum absolute atomic E-state index is 0.0789. The van der Waals surface area contributed by atoms with E-state index in [1.54, 1.807) is 24.5 Å². The Morgan fingerprint density at radius 2 is 1.86 bits per heavy atom. The normalized spacial score (nSPS) is 11.6. The Bertz CT molecular complexity index is 599. The number of carboxylic acids is 1. The lowest BCUT2D eigenvalue weighted by atomic mass is 9.92. The highest BCUT2D eigenvalue weighted by atomic mass is 16.4. The van der Waals surface area contributed by atoms with E-state index in [1.165, 1.54) is 0 Å². The number of aliphatic carboxylic acids is 1. The van der Waals surface area contributed by atoms with Gasteiger partial charge in [0.1, 0.15) is 0 Å². The average Bonchev–Trinajstić information content (AvgIpc) is 2.48. The number of rotatable bonds is 6. The van der Waals surface area contributed by atoms with Crippen molar-refractivity contribution in [3.63, 3.8) is 0 Å². The SMILES string of the molecule is O=C(O)C[C@@H](CC(=O)Nc1cccnc1)c1ccccc1. The molecule has 5 nitrogen and oxygen atoms in total. The molecule has 0 unspecified atom stereocenters. The van der Waals surface area contributed by atoms with Crippen molar-refractivity contribution in [2.75, 3.05) is 5.32 Å². The molecule has 0 aliphatic heterocycles. The van der Waals surface area contributed by atoms with E-state index < -0.39 is 5.97 Å². The Labute approximate surface area is 122 Å². The van der Waals surface area contributed by atoms with Gasteiger partial charge in [-0.1, -0.05) is 30.3 Å². The number of anilines is 1. The van der Waals surface area contributed by atoms with Gasteiger partial charge >= 0.3 is 5.97 Å². The Morgan fingerprint density at radius 3 is 2.48 bits per heavy atom. The third-order valence-corrected chi connectivity index (χ3v) is 3.07. The average molecular weight is 284 g/mol. The van der Waals surface area contributed by atoms with E-state index in [9.17, 15) is 9.59 Å². The van der Waals surface area contributed by atoms with E-state index >= 15 is 0 Å². The largest absolute Gasteiger partial charge is 0.481 e. The molecule has 1 aromatic heterocycles. The third-order valence-electron chi connectivity index (χ3n) is 3.07. The van der Waals surface area contributed by atoms with Crippen LogP contribution < -0.4 is 5.32 Å². The van der Waals surface area contributed by atoms with Crippen LogP contribution in [-0.2, 0) is 9.59 Å². The van der Waals surface area contributed by atoms with Crippen molar-refractivity contribution >= 4 is 17.6 Å². The third kappa shape index (κ3) is 4.72. The van der Waals surface area contributed by atoms with E-state index in [-0.39, 0.29) is 24.7 Å². The quantitative estimate of drug-likeness (QED) is 0.854. The maximum Gasteiger partial charge on any atom is 0.303 e. The summed E-state index contributed by atoms with van der Waals surface area (Å²) in [5, 5.41) is 11.7. The number of aromatic nitrogens is 1. The Kier molecular flexibility index (Phi) is 5.04. The van der Waals surface area contributed by atoms with Crippen LogP contribution in [0.5, 0.6) is 0 Å². The first-order chi connectivity index (χ1) is 10.1. The number of carbonyl (C=O) groups is 2. The highest BCUT2D eigenvalue weighted by molar-refractivity contribution is 5.91. The molecular weight excluding hydrogens is 268 g/mol. The lowest BCUT2D eigenvalue weighted by Crippen LogP contribution is -2.17. The minimum atomic E-state index is -0.918. The van der Waals surface area contributed by atoms with Crippen molar-refractivity contribution in [2.24, 2.45) is 0 Å². The van der Waals surface area contributed by atoms with Gasteiger partial charge in [0.2, 0.25) is 5.91 Å². The molecule has 1 amide bonds. The molecule has 0 spiro atoms. The number of hydrogen-bond donors (Lipinski definition) is 2. The van der Waals surface area contributed by atoms with Crippen molar-refractivity contribution in [2.45, 2.75) is 18.8 Å². The number of nitrogens with zero attached hydrogens (tertiary/aromatic N) is 1. The fourth-order valence-corrected chi connectivity index (χ4v) is 2.12. The van der Waals surface area contributed by atoms with Gasteiger partial charge in [-0.25, -0.2) is 0 Å². The van der Waals surface area contributed by atoms with Gasteiger partial charge in [0.25, 0.3) is 0 Å². The first-order valence-electron chi connectivity index (χ1n) is 6.62. The summed E-state index contributed by atoms with van der Waals surface area (Å²) in [6, 6.07) is 12.7. The van der Waals surface area contributed by atoms with Crippen LogP contribution in [0.1, 0.15) is 24.3 Å². The number of nitrogens with one attached hydrogen (secondary N) is 1. The van der Waals surface area contributed by atoms with Gasteiger partial charge in [0.05, 0.1) is 18.3 Å². The molecule has 108 valence electrons. The number of carboxylic acid groups (broad SMARTS) is 1. The highest BCUT2D eigenvalue weighted by Gasteiger charge is 2.19. The molecule has 0 saturated carbocycles. The topological polar surface area (TPSA) is 79.3 Å². The van der Waals surface area contributed by atoms with Crippen molar-refractivity contribution in [3.8, 4) is 0 Å². The molecule has 0 fully saturated rings. The van der Waals surface area contributed by atoms with Crippen molar-refractivity contribution < 1.29 is 14.7 Å². The first kappa shape index (κ1) is 14.7. The van der Waals surface area contributed by atoms with Crippen LogP contribution in [0, 0.1) is 0 Å². The summed E-state index contributed by atoms with van der Waals surface area (Å²) < 4.78 is 0. The summed E-state index contributed by atoms with van der Waals surface area (Å²) in [4.78, 5) is 26.9. The second kappa shape index (κ2) is 7.19. The molecule has 5 heteroatoms. The summed E-state index contributed by atoms with van der Waals surface area (Å²) in [6.45, 7) is 0. The van der Waals surface area contributed by atoms with Gasteiger partial charge in [-0.05, 0) is 17.7 Å². The maximum absolute atomic E-state index is 12.0. The molecule has 21 heavy (non-hydrogen) atoms. The number of amides is 1. The second-order valence-corrected chi connectivity index (χ2v) is 4.70. The Balaban J connectivity index is 2.05. The van der Waals surface area contributed by atoms with Crippen LogP contribution in [0.4, 0.5) is 5.69 Å². The molecule has 1 heterocycles. The van der Waals surface area contributed by atoms with Gasteiger partial charge in [-0.2, -0.15) is 0 Å². The first-order valence-corrected chi connectivity index (χ1v) is 6.62. The molecule has 0 radical (unpaired) electrons. The molecule has 2 N–H and O–H groups in total. The molecule has 0 aliphatic rings. The lowest BCUT2D eigenvalue weighted by molar-refractivity contribution is -0.137. The summed E-state index contributed by atoms with van der Waals surface area (Å²) in [6.07, 6.45) is 3.20.